The first-order valence-electron chi connectivity index (χ1n) is 7.33. The van der Waals surface area contributed by atoms with Crippen LogP contribution in [-0.2, 0) is 15.7 Å². The van der Waals surface area contributed by atoms with Gasteiger partial charge in [-0.1, -0.05) is 0 Å². The zero-order valence-electron chi connectivity index (χ0n) is 12.1. The number of esters is 1. The van der Waals surface area contributed by atoms with E-state index in [9.17, 15) is 18.0 Å². The summed E-state index contributed by atoms with van der Waals surface area (Å²) < 4.78 is 43.1. The van der Waals surface area contributed by atoms with Crippen molar-refractivity contribution in [2.24, 2.45) is 0 Å². The minimum Gasteiger partial charge on any atom is -0.462 e. The number of nitrogens with zero attached hydrogens (tertiary/aromatic N) is 2. The van der Waals surface area contributed by atoms with Gasteiger partial charge in [-0.2, -0.15) is 13.2 Å². The number of hydrogen-bond acceptors (Lipinski definition) is 4. The number of halogens is 3. The quantitative estimate of drug-likeness (QED) is 0.787. The fourth-order valence-electron chi connectivity index (χ4n) is 3.54. The molecule has 3 rings (SSSR count). The second-order valence-electron chi connectivity index (χ2n) is 5.90. The first-order valence-corrected chi connectivity index (χ1v) is 7.33. The highest BCUT2D eigenvalue weighted by Crippen LogP contribution is 2.40. The Morgan fingerprint density at radius 1 is 1.27 bits per heavy atom. The molecule has 0 radical (unpaired) electrons. The lowest BCUT2D eigenvalue weighted by atomic mass is 9.99. The Bertz CT molecular complexity index is 545. The van der Waals surface area contributed by atoms with Crippen LogP contribution in [0.5, 0.6) is 0 Å². The van der Waals surface area contributed by atoms with E-state index in [0.29, 0.717) is 18.7 Å². The Morgan fingerprint density at radius 2 is 1.91 bits per heavy atom. The van der Waals surface area contributed by atoms with E-state index < -0.39 is 11.7 Å². The maximum atomic E-state index is 12.6. The molecule has 2 unspecified atom stereocenters. The van der Waals surface area contributed by atoms with Crippen molar-refractivity contribution in [3.63, 3.8) is 0 Å². The summed E-state index contributed by atoms with van der Waals surface area (Å²) in [6.45, 7) is 1.39. The van der Waals surface area contributed by atoms with E-state index in [1.165, 1.54) is 13.0 Å². The normalized spacial score (nSPS) is 27.8. The predicted molar refractivity (Wildman–Crippen MR) is 73.3 cm³/mol. The number of piperidine rings is 1. The van der Waals surface area contributed by atoms with Crippen molar-refractivity contribution in [2.45, 2.75) is 57.0 Å². The molecule has 2 bridgehead atoms. The van der Waals surface area contributed by atoms with Crippen LogP contribution in [0.4, 0.5) is 19.0 Å². The molecule has 2 atom stereocenters. The van der Waals surface area contributed by atoms with Gasteiger partial charge in [-0.15, -0.1) is 0 Å². The first kappa shape index (κ1) is 15.1. The van der Waals surface area contributed by atoms with Crippen LogP contribution in [0.25, 0.3) is 0 Å². The topological polar surface area (TPSA) is 42.4 Å². The molecule has 0 aliphatic carbocycles. The van der Waals surface area contributed by atoms with Crippen LogP contribution in [0.1, 0.15) is 38.2 Å². The largest absolute Gasteiger partial charge is 0.462 e. The highest BCUT2D eigenvalue weighted by Gasteiger charge is 2.42. The van der Waals surface area contributed by atoms with Crippen LogP contribution >= 0.6 is 0 Å². The molecule has 1 aromatic heterocycles. The fourth-order valence-corrected chi connectivity index (χ4v) is 3.54. The molecule has 0 N–H and O–H groups in total. The molecule has 2 fully saturated rings. The van der Waals surface area contributed by atoms with Crippen molar-refractivity contribution in [1.29, 1.82) is 0 Å². The lowest BCUT2D eigenvalue weighted by molar-refractivity contribution is -0.147. The van der Waals surface area contributed by atoms with Crippen molar-refractivity contribution >= 4 is 11.8 Å². The highest BCUT2D eigenvalue weighted by atomic mass is 19.4. The van der Waals surface area contributed by atoms with Crippen LogP contribution in [0, 0.1) is 0 Å². The highest BCUT2D eigenvalue weighted by molar-refractivity contribution is 5.66. The maximum Gasteiger partial charge on any atom is 0.417 e. The monoisotopic (exact) mass is 314 g/mol. The minimum atomic E-state index is -4.37. The summed E-state index contributed by atoms with van der Waals surface area (Å²) in [4.78, 5) is 17.2. The number of ether oxygens (including phenoxy) is 1. The van der Waals surface area contributed by atoms with Gasteiger partial charge in [-0.25, -0.2) is 4.98 Å². The van der Waals surface area contributed by atoms with Crippen molar-refractivity contribution in [1.82, 2.24) is 4.98 Å². The second-order valence-corrected chi connectivity index (χ2v) is 5.90. The van der Waals surface area contributed by atoms with E-state index in [-0.39, 0.29) is 24.2 Å². The standard InChI is InChI=1S/C15H17F3N2O2/c1-9(21)22-13-6-11-3-4-12(7-13)20(11)14-5-2-10(8-19-14)15(16,17)18/h2,5,8,11-13H,3-4,6-7H2,1H3. The van der Waals surface area contributed by atoms with Gasteiger partial charge in [0.1, 0.15) is 11.9 Å². The molecule has 22 heavy (non-hydrogen) atoms. The summed E-state index contributed by atoms with van der Waals surface area (Å²) in [5.41, 5.74) is -0.738. The molecule has 0 aromatic carbocycles. The van der Waals surface area contributed by atoms with Crippen molar-refractivity contribution in [2.75, 3.05) is 4.90 Å². The molecule has 0 spiro atoms. The number of hydrogen-bond donors (Lipinski definition) is 0. The van der Waals surface area contributed by atoms with Gasteiger partial charge in [0.05, 0.1) is 5.56 Å². The Labute approximate surface area is 126 Å². The summed E-state index contributed by atoms with van der Waals surface area (Å²) in [5.74, 6) is 0.285. The van der Waals surface area contributed by atoms with Gasteiger partial charge in [0.25, 0.3) is 0 Å². The second kappa shape index (κ2) is 5.44. The van der Waals surface area contributed by atoms with Gasteiger partial charge in [0.2, 0.25) is 0 Å². The molecule has 0 amide bonds. The third-order valence-electron chi connectivity index (χ3n) is 4.36. The number of rotatable bonds is 2. The van der Waals surface area contributed by atoms with E-state index in [1.807, 2.05) is 0 Å². The number of carbonyl (C=O) groups excluding carboxylic acids is 1. The third kappa shape index (κ3) is 2.89. The first-order chi connectivity index (χ1) is 10.3. The van der Waals surface area contributed by atoms with E-state index in [4.69, 9.17) is 4.74 Å². The van der Waals surface area contributed by atoms with Crippen LogP contribution in [0.2, 0.25) is 0 Å². The van der Waals surface area contributed by atoms with E-state index in [1.54, 1.807) is 0 Å². The molecular formula is C15H17F3N2O2. The molecular weight excluding hydrogens is 297 g/mol. The lowest BCUT2D eigenvalue weighted by Gasteiger charge is -2.39. The van der Waals surface area contributed by atoms with E-state index in [2.05, 4.69) is 9.88 Å². The van der Waals surface area contributed by atoms with Gasteiger partial charge < -0.3 is 9.64 Å². The summed E-state index contributed by atoms with van der Waals surface area (Å²) in [5, 5.41) is 0. The molecule has 0 saturated carbocycles. The van der Waals surface area contributed by atoms with Crippen molar-refractivity contribution in [3.8, 4) is 0 Å². The molecule has 1 aromatic rings. The zero-order chi connectivity index (χ0) is 15.9. The molecule has 4 nitrogen and oxygen atoms in total. The van der Waals surface area contributed by atoms with Gasteiger partial charge in [0, 0.05) is 38.0 Å². The number of carbonyl (C=O) groups is 1. The molecule has 2 aliphatic rings. The molecule has 2 saturated heterocycles. The minimum absolute atomic E-state index is 0.0966. The number of fused-ring (bicyclic) bond motifs is 2. The predicted octanol–water partition coefficient (Wildman–Crippen LogP) is 3.16. The van der Waals surface area contributed by atoms with Crippen LogP contribution in [-0.4, -0.2) is 29.1 Å². The number of aromatic nitrogens is 1. The zero-order valence-corrected chi connectivity index (χ0v) is 12.1. The van der Waals surface area contributed by atoms with Gasteiger partial charge >= 0.3 is 12.1 Å². The van der Waals surface area contributed by atoms with E-state index in [0.717, 1.165) is 25.1 Å². The smallest absolute Gasteiger partial charge is 0.417 e. The van der Waals surface area contributed by atoms with Crippen molar-refractivity contribution < 1.29 is 22.7 Å². The lowest BCUT2D eigenvalue weighted by Crippen LogP contribution is -2.46. The number of pyridine rings is 1. The average molecular weight is 314 g/mol. The molecule has 2 aliphatic heterocycles. The number of alkyl halides is 3. The Hall–Kier alpha value is -1.79. The van der Waals surface area contributed by atoms with Crippen molar-refractivity contribution in [3.05, 3.63) is 23.9 Å². The number of anilines is 1. The molecule has 3 heterocycles. The SMILES string of the molecule is CC(=O)OC1CC2CCC(C1)N2c1ccc(C(F)(F)F)cn1. The Kier molecular flexibility index (Phi) is 3.74. The summed E-state index contributed by atoms with van der Waals surface area (Å²) >= 11 is 0. The summed E-state index contributed by atoms with van der Waals surface area (Å²) in [6, 6.07) is 2.85. The Morgan fingerprint density at radius 3 is 2.36 bits per heavy atom. The molecule has 7 heteroatoms. The van der Waals surface area contributed by atoms with E-state index >= 15 is 0 Å². The summed E-state index contributed by atoms with van der Waals surface area (Å²) in [6.07, 6.45) is -0.270. The maximum absolute atomic E-state index is 12.6. The van der Waals surface area contributed by atoms with Gasteiger partial charge in [0.15, 0.2) is 0 Å². The average Bonchev–Trinajstić information content (AvgIpc) is 2.69. The fraction of sp³-hybridized carbons (Fsp3) is 0.600. The third-order valence-corrected chi connectivity index (χ3v) is 4.36. The van der Waals surface area contributed by atoms with Crippen LogP contribution in [0.3, 0.4) is 0 Å². The Balaban J connectivity index is 1.75. The van der Waals surface area contributed by atoms with Gasteiger partial charge in [-0.05, 0) is 25.0 Å². The molecule has 120 valence electrons. The van der Waals surface area contributed by atoms with Crippen LogP contribution < -0.4 is 4.90 Å². The summed E-state index contributed by atoms with van der Waals surface area (Å²) in [7, 11) is 0. The van der Waals surface area contributed by atoms with Gasteiger partial charge in [-0.3, -0.25) is 4.79 Å². The van der Waals surface area contributed by atoms with Crippen LogP contribution in [0.15, 0.2) is 18.3 Å².